The number of ether oxygens (including phenoxy) is 1. The summed E-state index contributed by atoms with van der Waals surface area (Å²) in [5.74, 6) is 1.64. The number of hydrogen-bond donors (Lipinski definition) is 1. The Morgan fingerprint density at radius 3 is 2.67 bits per heavy atom. The Morgan fingerprint density at radius 2 is 1.93 bits per heavy atom. The molecular weight excluding hydrogens is 368 g/mol. The minimum atomic E-state index is -0.228. The van der Waals surface area contributed by atoms with E-state index in [1.807, 2.05) is 30.3 Å². The molecule has 2 aromatic carbocycles. The van der Waals surface area contributed by atoms with Gasteiger partial charge < -0.3 is 19.5 Å². The van der Waals surface area contributed by atoms with Crippen molar-refractivity contribution >= 4 is 23.3 Å². The van der Waals surface area contributed by atoms with Crippen molar-refractivity contribution in [2.75, 3.05) is 18.9 Å². The summed E-state index contributed by atoms with van der Waals surface area (Å²) in [5, 5.41) is 7.32. The molecule has 8 heteroatoms. The summed E-state index contributed by atoms with van der Waals surface area (Å²) in [4.78, 5) is 18.0. The molecule has 1 aromatic heterocycles. The number of carbonyl (C=O) groups is 1. The highest BCUT2D eigenvalue weighted by Gasteiger charge is 2.12. The van der Waals surface area contributed by atoms with Crippen molar-refractivity contribution in [1.82, 2.24) is 15.0 Å². The molecule has 27 heavy (non-hydrogen) atoms. The summed E-state index contributed by atoms with van der Waals surface area (Å²) in [6.07, 6.45) is 0.472. The Labute approximate surface area is 161 Å². The van der Waals surface area contributed by atoms with Gasteiger partial charge in [0.25, 0.3) is 5.89 Å². The highest BCUT2D eigenvalue weighted by molar-refractivity contribution is 6.30. The number of aromatic nitrogens is 2. The molecule has 0 saturated carbocycles. The van der Waals surface area contributed by atoms with Crippen LogP contribution in [-0.4, -0.2) is 34.7 Å². The van der Waals surface area contributed by atoms with Gasteiger partial charge in [0.05, 0.1) is 0 Å². The van der Waals surface area contributed by atoms with Gasteiger partial charge in [0.2, 0.25) is 0 Å². The molecule has 0 aliphatic carbocycles. The largest absolute Gasteiger partial charge is 0.484 e. The van der Waals surface area contributed by atoms with Gasteiger partial charge in [-0.1, -0.05) is 35.0 Å². The van der Waals surface area contributed by atoms with Crippen molar-refractivity contribution < 1.29 is 14.1 Å². The Balaban J connectivity index is 1.44. The molecule has 0 aliphatic rings. The summed E-state index contributed by atoms with van der Waals surface area (Å²) >= 11 is 5.83. The average molecular weight is 387 g/mol. The standard InChI is InChI=1S/C19H19ClN4O3/c1-24(19(25)21-15-9-7-14(20)8-10-15)12-11-17-22-18(27-23-17)13-26-16-5-3-2-4-6-16/h2-10H,11-13H2,1H3,(H,21,25). The molecule has 7 nitrogen and oxygen atoms in total. The van der Waals surface area contributed by atoms with E-state index in [1.165, 1.54) is 0 Å². The lowest BCUT2D eigenvalue weighted by Gasteiger charge is -2.17. The number of hydrogen-bond acceptors (Lipinski definition) is 5. The zero-order valence-electron chi connectivity index (χ0n) is 14.8. The lowest BCUT2D eigenvalue weighted by Crippen LogP contribution is -2.33. The molecule has 2 amide bonds. The first-order valence-corrected chi connectivity index (χ1v) is 8.75. The number of urea groups is 1. The van der Waals surface area contributed by atoms with Crippen LogP contribution < -0.4 is 10.1 Å². The monoisotopic (exact) mass is 386 g/mol. The van der Waals surface area contributed by atoms with E-state index in [0.717, 1.165) is 5.75 Å². The maximum Gasteiger partial charge on any atom is 0.321 e. The Bertz CT molecular complexity index is 868. The maximum absolute atomic E-state index is 12.2. The molecule has 0 radical (unpaired) electrons. The lowest BCUT2D eigenvalue weighted by atomic mass is 10.3. The van der Waals surface area contributed by atoms with Crippen LogP contribution in [0, 0.1) is 0 Å². The molecule has 0 atom stereocenters. The summed E-state index contributed by atoms with van der Waals surface area (Å²) in [6, 6.07) is 16.1. The van der Waals surface area contributed by atoms with Gasteiger partial charge in [0.15, 0.2) is 12.4 Å². The minimum Gasteiger partial charge on any atom is -0.484 e. The van der Waals surface area contributed by atoms with Crippen LogP contribution >= 0.6 is 11.6 Å². The fraction of sp³-hybridized carbons (Fsp3) is 0.211. The quantitative estimate of drug-likeness (QED) is 0.663. The van der Waals surface area contributed by atoms with Gasteiger partial charge in [0, 0.05) is 30.7 Å². The number of nitrogens with zero attached hydrogens (tertiary/aromatic N) is 3. The van der Waals surface area contributed by atoms with Crippen molar-refractivity contribution in [2.45, 2.75) is 13.0 Å². The second kappa shape index (κ2) is 9.05. The van der Waals surface area contributed by atoms with Gasteiger partial charge in [-0.3, -0.25) is 0 Å². The molecule has 3 rings (SSSR count). The van der Waals surface area contributed by atoms with Gasteiger partial charge in [0.1, 0.15) is 5.75 Å². The van der Waals surface area contributed by atoms with Crippen molar-refractivity contribution in [1.29, 1.82) is 0 Å². The normalized spacial score (nSPS) is 10.4. The molecule has 1 heterocycles. The number of nitrogens with one attached hydrogen (secondary N) is 1. The predicted octanol–water partition coefficient (Wildman–Crippen LogP) is 4.01. The SMILES string of the molecule is CN(CCc1noc(COc2ccccc2)n1)C(=O)Nc1ccc(Cl)cc1. The second-order valence-corrected chi connectivity index (χ2v) is 6.25. The average Bonchev–Trinajstić information content (AvgIpc) is 3.15. The van der Waals surface area contributed by atoms with Gasteiger partial charge in [-0.25, -0.2) is 4.79 Å². The number of halogens is 1. The smallest absolute Gasteiger partial charge is 0.321 e. The first-order valence-electron chi connectivity index (χ1n) is 8.37. The number of likely N-dealkylation sites (N-methyl/N-ethyl adjacent to an activating group) is 1. The molecule has 3 aromatic rings. The molecule has 0 saturated heterocycles. The van der Waals surface area contributed by atoms with E-state index < -0.39 is 0 Å². The van der Waals surface area contributed by atoms with Crippen LogP contribution in [0.25, 0.3) is 0 Å². The Hall–Kier alpha value is -3.06. The van der Waals surface area contributed by atoms with Crippen LogP contribution in [0.15, 0.2) is 59.1 Å². The molecule has 0 unspecified atom stereocenters. The number of para-hydroxylation sites is 1. The zero-order chi connectivity index (χ0) is 19.1. The summed E-state index contributed by atoms with van der Waals surface area (Å²) in [7, 11) is 1.70. The van der Waals surface area contributed by atoms with E-state index >= 15 is 0 Å². The first-order chi connectivity index (χ1) is 13.1. The van der Waals surface area contributed by atoms with E-state index in [9.17, 15) is 4.79 Å². The Morgan fingerprint density at radius 1 is 1.19 bits per heavy atom. The van der Waals surface area contributed by atoms with E-state index in [2.05, 4.69) is 15.5 Å². The van der Waals surface area contributed by atoms with Crippen LogP contribution in [0.4, 0.5) is 10.5 Å². The van der Waals surface area contributed by atoms with Crippen LogP contribution in [0.5, 0.6) is 5.75 Å². The van der Waals surface area contributed by atoms with Gasteiger partial charge in [-0.15, -0.1) is 0 Å². The number of anilines is 1. The fourth-order valence-electron chi connectivity index (χ4n) is 2.23. The second-order valence-electron chi connectivity index (χ2n) is 5.81. The van der Waals surface area contributed by atoms with Crippen molar-refractivity contribution in [3.8, 4) is 5.75 Å². The summed E-state index contributed by atoms with van der Waals surface area (Å²) in [5.41, 5.74) is 0.677. The molecule has 1 N–H and O–H groups in total. The highest BCUT2D eigenvalue weighted by Crippen LogP contribution is 2.14. The van der Waals surface area contributed by atoms with Crippen LogP contribution in [-0.2, 0) is 13.0 Å². The number of benzene rings is 2. The lowest BCUT2D eigenvalue weighted by molar-refractivity contribution is 0.222. The first kappa shape index (κ1) is 18.7. The van der Waals surface area contributed by atoms with Crippen LogP contribution in [0.2, 0.25) is 5.02 Å². The third-order valence-corrected chi connectivity index (χ3v) is 3.98. The van der Waals surface area contributed by atoms with Crippen molar-refractivity contribution in [3.05, 3.63) is 71.3 Å². The minimum absolute atomic E-state index is 0.198. The third-order valence-electron chi connectivity index (χ3n) is 3.73. The van der Waals surface area contributed by atoms with E-state index in [-0.39, 0.29) is 12.6 Å². The van der Waals surface area contributed by atoms with E-state index in [0.29, 0.717) is 35.4 Å². The molecule has 0 bridgehead atoms. The predicted molar refractivity (Wildman–Crippen MR) is 102 cm³/mol. The van der Waals surface area contributed by atoms with Crippen LogP contribution in [0.1, 0.15) is 11.7 Å². The number of amides is 2. The topological polar surface area (TPSA) is 80.5 Å². The number of rotatable bonds is 7. The van der Waals surface area contributed by atoms with Crippen LogP contribution in [0.3, 0.4) is 0 Å². The zero-order valence-corrected chi connectivity index (χ0v) is 15.5. The van der Waals surface area contributed by atoms with E-state index in [1.54, 1.807) is 36.2 Å². The molecule has 140 valence electrons. The van der Waals surface area contributed by atoms with E-state index in [4.69, 9.17) is 20.9 Å². The molecule has 0 spiro atoms. The summed E-state index contributed by atoms with van der Waals surface area (Å²) in [6.45, 7) is 0.641. The third kappa shape index (κ3) is 5.72. The highest BCUT2D eigenvalue weighted by atomic mass is 35.5. The maximum atomic E-state index is 12.2. The Kier molecular flexibility index (Phi) is 6.27. The molecule has 0 aliphatic heterocycles. The molecule has 0 fully saturated rings. The van der Waals surface area contributed by atoms with Gasteiger partial charge in [-0.05, 0) is 36.4 Å². The fourth-order valence-corrected chi connectivity index (χ4v) is 2.36. The van der Waals surface area contributed by atoms with Crippen molar-refractivity contribution in [2.24, 2.45) is 0 Å². The van der Waals surface area contributed by atoms with Crippen molar-refractivity contribution in [3.63, 3.8) is 0 Å². The van der Waals surface area contributed by atoms with Gasteiger partial charge in [-0.2, -0.15) is 4.98 Å². The summed E-state index contributed by atoms with van der Waals surface area (Å²) < 4.78 is 10.7. The number of carbonyl (C=O) groups excluding carboxylic acids is 1. The van der Waals surface area contributed by atoms with Gasteiger partial charge >= 0.3 is 6.03 Å². The molecular formula is C19H19ClN4O3.